The molecule has 1 aromatic rings. The van der Waals surface area contributed by atoms with E-state index in [2.05, 4.69) is 43.5 Å². The number of thiocarbonyl (C=S) groups is 1. The number of nitrogens with zero attached hydrogens (tertiary/aromatic N) is 1. The van der Waals surface area contributed by atoms with Crippen LogP contribution in [0.3, 0.4) is 0 Å². The maximum absolute atomic E-state index is 6.08. The van der Waals surface area contributed by atoms with Gasteiger partial charge in [0.2, 0.25) is 0 Å². The van der Waals surface area contributed by atoms with E-state index >= 15 is 0 Å². The van der Waals surface area contributed by atoms with E-state index in [0.717, 1.165) is 5.56 Å². The van der Waals surface area contributed by atoms with E-state index < -0.39 is 0 Å². The molecule has 0 saturated carbocycles. The van der Waals surface area contributed by atoms with E-state index in [9.17, 15) is 0 Å². The van der Waals surface area contributed by atoms with Gasteiger partial charge < -0.3 is 5.73 Å². The van der Waals surface area contributed by atoms with Gasteiger partial charge in [0.15, 0.2) is 5.11 Å². The predicted molar refractivity (Wildman–Crippen MR) is 77.7 cm³/mol. The summed E-state index contributed by atoms with van der Waals surface area (Å²) >= 11 is 10.7. The molecule has 0 radical (unpaired) electrons. The van der Waals surface area contributed by atoms with E-state index in [4.69, 9.17) is 17.3 Å². The number of nitrogens with one attached hydrogen (secondary N) is 1. The maximum Gasteiger partial charge on any atom is 0.184 e. The van der Waals surface area contributed by atoms with Gasteiger partial charge >= 0.3 is 0 Å². The maximum atomic E-state index is 6.08. The second-order valence-corrected chi connectivity index (χ2v) is 5.57. The average Bonchev–Trinajstić information content (AvgIpc) is 2.18. The molecule has 0 saturated heterocycles. The molecule has 0 bridgehead atoms. The first kappa shape index (κ1) is 13.9. The Balaban J connectivity index is 2.99. The molecule has 0 spiro atoms. The Morgan fingerprint density at radius 1 is 1.47 bits per heavy atom. The highest BCUT2D eigenvalue weighted by Crippen LogP contribution is 2.25. The Morgan fingerprint density at radius 3 is 2.65 bits per heavy atom. The molecule has 0 amide bonds. The predicted octanol–water partition coefficient (Wildman–Crippen LogP) is 2.80. The average molecular weight is 270 g/mol. The van der Waals surface area contributed by atoms with Crippen molar-refractivity contribution in [3.05, 3.63) is 34.3 Å². The molecule has 0 fully saturated rings. The number of nitrogens with two attached hydrogens (primary N) is 1. The number of halogens is 1. The summed E-state index contributed by atoms with van der Waals surface area (Å²) in [6.45, 7) is 6.43. The molecule has 0 aliphatic heterocycles. The van der Waals surface area contributed by atoms with Crippen LogP contribution in [-0.2, 0) is 5.41 Å². The fraction of sp³-hybridized carbons (Fsp3) is 0.333. The van der Waals surface area contributed by atoms with Crippen LogP contribution in [0.4, 0.5) is 0 Å². The molecule has 1 aromatic carbocycles. The van der Waals surface area contributed by atoms with E-state index in [1.165, 1.54) is 5.56 Å². The summed E-state index contributed by atoms with van der Waals surface area (Å²) < 4.78 is 0. The van der Waals surface area contributed by atoms with Gasteiger partial charge in [-0.05, 0) is 35.3 Å². The zero-order chi connectivity index (χ0) is 13.1. The minimum atomic E-state index is 0.0732. The van der Waals surface area contributed by atoms with Gasteiger partial charge in [-0.25, -0.2) is 0 Å². The van der Waals surface area contributed by atoms with Crippen LogP contribution in [0.1, 0.15) is 31.9 Å². The van der Waals surface area contributed by atoms with Crippen molar-refractivity contribution < 1.29 is 0 Å². The molecule has 0 heterocycles. The van der Waals surface area contributed by atoms with E-state index in [-0.39, 0.29) is 10.5 Å². The van der Waals surface area contributed by atoms with E-state index in [1.807, 2.05) is 18.2 Å². The number of hydrogen-bond donors (Lipinski definition) is 2. The molecule has 92 valence electrons. The van der Waals surface area contributed by atoms with E-state index in [0.29, 0.717) is 5.02 Å². The Kier molecular flexibility index (Phi) is 4.48. The third-order valence-corrected chi connectivity index (χ3v) is 2.68. The van der Waals surface area contributed by atoms with Crippen LogP contribution in [0.2, 0.25) is 5.02 Å². The van der Waals surface area contributed by atoms with Gasteiger partial charge in [0, 0.05) is 10.6 Å². The van der Waals surface area contributed by atoms with Gasteiger partial charge in [0.05, 0.1) is 6.21 Å². The topological polar surface area (TPSA) is 50.4 Å². The third kappa shape index (κ3) is 4.32. The molecule has 3 N–H and O–H groups in total. The highest BCUT2D eigenvalue weighted by Gasteiger charge is 2.14. The van der Waals surface area contributed by atoms with Crippen LogP contribution >= 0.6 is 23.8 Å². The van der Waals surface area contributed by atoms with Crippen LogP contribution in [-0.4, -0.2) is 11.3 Å². The number of benzene rings is 1. The van der Waals surface area contributed by atoms with Crippen LogP contribution < -0.4 is 11.2 Å². The van der Waals surface area contributed by atoms with Crippen molar-refractivity contribution in [2.45, 2.75) is 26.2 Å². The normalized spacial score (nSPS) is 11.8. The molecule has 3 nitrogen and oxygen atoms in total. The third-order valence-electron chi connectivity index (χ3n) is 2.24. The lowest BCUT2D eigenvalue weighted by Crippen LogP contribution is -2.24. The lowest BCUT2D eigenvalue weighted by molar-refractivity contribution is 0.590. The molecular weight excluding hydrogens is 254 g/mol. The zero-order valence-corrected chi connectivity index (χ0v) is 11.7. The number of hydrogen-bond acceptors (Lipinski definition) is 2. The fourth-order valence-electron chi connectivity index (χ4n) is 1.27. The summed E-state index contributed by atoms with van der Waals surface area (Å²) in [5.41, 5.74) is 9.87. The number of rotatable bonds is 2. The molecule has 5 heteroatoms. The Morgan fingerprint density at radius 2 is 2.12 bits per heavy atom. The molecule has 0 aliphatic carbocycles. The second kappa shape index (κ2) is 5.47. The van der Waals surface area contributed by atoms with Gasteiger partial charge in [0.1, 0.15) is 0 Å². The summed E-state index contributed by atoms with van der Waals surface area (Å²) in [4.78, 5) is 0. The molecule has 17 heavy (non-hydrogen) atoms. The summed E-state index contributed by atoms with van der Waals surface area (Å²) in [5, 5.41) is 4.67. The van der Waals surface area contributed by atoms with Gasteiger partial charge in [-0.2, -0.15) is 5.10 Å². The van der Waals surface area contributed by atoms with Crippen molar-refractivity contribution in [1.82, 2.24) is 5.43 Å². The van der Waals surface area contributed by atoms with Gasteiger partial charge in [0.25, 0.3) is 0 Å². The smallest absolute Gasteiger partial charge is 0.184 e. The van der Waals surface area contributed by atoms with Crippen LogP contribution in [0, 0.1) is 0 Å². The summed E-state index contributed by atoms with van der Waals surface area (Å²) in [7, 11) is 0. The first-order valence-corrected chi connectivity index (χ1v) is 5.98. The van der Waals surface area contributed by atoms with Gasteiger partial charge in [-0.3, -0.25) is 5.43 Å². The lowest BCUT2D eigenvalue weighted by Gasteiger charge is -2.19. The second-order valence-electron chi connectivity index (χ2n) is 4.72. The summed E-state index contributed by atoms with van der Waals surface area (Å²) in [6, 6.07) is 5.89. The van der Waals surface area contributed by atoms with Crippen molar-refractivity contribution in [2.24, 2.45) is 10.8 Å². The molecule has 0 atom stereocenters. The monoisotopic (exact) mass is 269 g/mol. The van der Waals surface area contributed by atoms with Crippen LogP contribution in [0.25, 0.3) is 0 Å². The Labute approximate surface area is 112 Å². The van der Waals surface area contributed by atoms with Gasteiger partial charge in [-0.1, -0.05) is 38.4 Å². The molecule has 0 unspecified atom stereocenters. The number of hydrazone groups is 1. The van der Waals surface area contributed by atoms with Crippen molar-refractivity contribution in [2.75, 3.05) is 0 Å². The standard InChI is InChI=1S/C12H16ClN3S/c1-12(2,3)9-4-5-10(13)8(6-9)7-15-16-11(14)17/h4-7H,1-3H3,(H3,14,16,17). The fourth-order valence-corrected chi connectivity index (χ4v) is 1.49. The Bertz CT molecular complexity index is 450. The van der Waals surface area contributed by atoms with Crippen molar-refractivity contribution in [3.8, 4) is 0 Å². The summed E-state index contributed by atoms with van der Waals surface area (Å²) in [6.07, 6.45) is 1.61. The first-order chi connectivity index (χ1) is 7.80. The quantitative estimate of drug-likeness (QED) is 0.493. The highest BCUT2D eigenvalue weighted by atomic mass is 35.5. The van der Waals surface area contributed by atoms with E-state index in [1.54, 1.807) is 6.21 Å². The van der Waals surface area contributed by atoms with Crippen LogP contribution in [0.5, 0.6) is 0 Å². The minimum Gasteiger partial charge on any atom is -0.375 e. The highest BCUT2D eigenvalue weighted by molar-refractivity contribution is 7.80. The molecule has 0 aliphatic rings. The Hall–Kier alpha value is -1.13. The summed E-state index contributed by atoms with van der Waals surface area (Å²) in [5.74, 6) is 0. The first-order valence-electron chi connectivity index (χ1n) is 5.19. The molecular formula is C12H16ClN3S. The van der Waals surface area contributed by atoms with Crippen molar-refractivity contribution >= 4 is 35.1 Å². The van der Waals surface area contributed by atoms with Gasteiger partial charge in [-0.15, -0.1) is 0 Å². The van der Waals surface area contributed by atoms with Crippen LogP contribution in [0.15, 0.2) is 23.3 Å². The zero-order valence-electron chi connectivity index (χ0n) is 10.1. The minimum absolute atomic E-state index is 0.0732. The molecule has 1 rings (SSSR count). The largest absolute Gasteiger partial charge is 0.375 e. The van der Waals surface area contributed by atoms with Crippen molar-refractivity contribution in [3.63, 3.8) is 0 Å². The molecule has 0 aromatic heterocycles. The lowest BCUT2D eigenvalue weighted by atomic mass is 9.86. The van der Waals surface area contributed by atoms with Crippen molar-refractivity contribution in [1.29, 1.82) is 0 Å². The SMILES string of the molecule is CC(C)(C)c1ccc(Cl)c(C=NNC(N)=S)c1.